The summed E-state index contributed by atoms with van der Waals surface area (Å²) in [6, 6.07) is 0. The molecule has 0 rings (SSSR count). The summed E-state index contributed by atoms with van der Waals surface area (Å²) < 4.78 is 9.74. The molecule has 16 heavy (non-hydrogen) atoms. The molecule has 0 aliphatic heterocycles. The minimum atomic E-state index is -1.15. The van der Waals surface area contributed by atoms with Gasteiger partial charge in [0.05, 0.1) is 38.5 Å². The van der Waals surface area contributed by atoms with Crippen molar-refractivity contribution in [1.29, 1.82) is 0 Å². The molecule has 3 N–H and O–H groups in total. The quantitative estimate of drug-likeness (QED) is 0.500. The molecule has 0 heterocycles. The Morgan fingerprint density at radius 1 is 1.12 bits per heavy atom. The van der Waals surface area contributed by atoms with Gasteiger partial charge in [-0.2, -0.15) is 0 Å². The molecule has 0 aliphatic rings. The molecular formula is C9H19NO6. The van der Waals surface area contributed by atoms with Crippen molar-refractivity contribution in [3.05, 3.63) is 0 Å². The number of carboxylic acid groups (broad SMARTS) is 1. The smallest absolute Gasteiger partial charge is 0.407 e. The number of amides is 1. The number of carbonyl (C=O) groups is 1. The van der Waals surface area contributed by atoms with Crippen molar-refractivity contribution in [2.75, 3.05) is 40.5 Å². The van der Waals surface area contributed by atoms with Gasteiger partial charge in [0, 0.05) is 14.2 Å². The van der Waals surface area contributed by atoms with Gasteiger partial charge in [-0.15, -0.1) is 0 Å². The third kappa shape index (κ3) is 5.26. The topological polar surface area (TPSA) is 99.5 Å². The van der Waals surface area contributed by atoms with E-state index in [2.05, 4.69) is 0 Å². The van der Waals surface area contributed by atoms with E-state index in [-0.39, 0.29) is 26.3 Å². The largest absolute Gasteiger partial charge is 0.465 e. The maximum atomic E-state index is 10.9. The zero-order valence-electron chi connectivity index (χ0n) is 9.50. The van der Waals surface area contributed by atoms with Gasteiger partial charge in [-0.25, -0.2) is 4.79 Å². The van der Waals surface area contributed by atoms with E-state index in [0.29, 0.717) is 0 Å². The second kappa shape index (κ2) is 8.28. The van der Waals surface area contributed by atoms with Crippen LogP contribution in [0.2, 0.25) is 0 Å². The fourth-order valence-corrected chi connectivity index (χ4v) is 1.14. The summed E-state index contributed by atoms with van der Waals surface area (Å²) in [6.45, 7) is -0.474. The minimum absolute atomic E-state index is 0.0300. The number of ether oxygens (including phenoxy) is 2. The zero-order chi connectivity index (χ0) is 12.6. The molecule has 0 aliphatic carbocycles. The number of rotatable bonds is 8. The highest BCUT2D eigenvalue weighted by atomic mass is 16.5. The van der Waals surface area contributed by atoms with Crippen LogP contribution in [0.15, 0.2) is 0 Å². The van der Waals surface area contributed by atoms with Gasteiger partial charge in [-0.1, -0.05) is 0 Å². The molecule has 0 saturated heterocycles. The van der Waals surface area contributed by atoms with Crippen molar-refractivity contribution in [3.63, 3.8) is 0 Å². The Hall–Kier alpha value is -0.890. The van der Waals surface area contributed by atoms with Gasteiger partial charge in [-0.05, 0) is 0 Å². The predicted octanol–water partition coefficient (Wildman–Crippen LogP) is -1.02. The molecular weight excluding hydrogens is 218 g/mol. The Labute approximate surface area is 94.2 Å². The summed E-state index contributed by atoms with van der Waals surface area (Å²) in [4.78, 5) is 11.9. The van der Waals surface area contributed by atoms with E-state index in [0.717, 1.165) is 4.90 Å². The average molecular weight is 237 g/mol. The number of aliphatic hydroxyl groups excluding tert-OH is 2. The molecule has 0 spiro atoms. The summed E-state index contributed by atoms with van der Waals surface area (Å²) >= 11 is 0. The molecule has 0 aromatic heterocycles. The van der Waals surface area contributed by atoms with Gasteiger partial charge in [0.1, 0.15) is 0 Å². The summed E-state index contributed by atoms with van der Waals surface area (Å²) in [6.07, 6.45) is -2.30. The lowest BCUT2D eigenvalue weighted by molar-refractivity contribution is -0.00569. The first kappa shape index (κ1) is 15.1. The normalized spacial score (nSPS) is 14.5. The molecule has 0 fully saturated rings. The fraction of sp³-hybridized carbons (Fsp3) is 0.889. The lowest BCUT2D eigenvalue weighted by Gasteiger charge is -2.26. The molecule has 96 valence electrons. The van der Waals surface area contributed by atoms with Crippen molar-refractivity contribution in [1.82, 2.24) is 4.90 Å². The number of nitrogens with zero attached hydrogens (tertiary/aromatic N) is 1. The van der Waals surface area contributed by atoms with E-state index in [4.69, 9.17) is 24.8 Å². The first-order chi connectivity index (χ1) is 7.58. The maximum absolute atomic E-state index is 10.9. The summed E-state index contributed by atoms with van der Waals surface area (Å²) in [7, 11) is 2.78. The van der Waals surface area contributed by atoms with Crippen molar-refractivity contribution < 1.29 is 29.6 Å². The SMILES string of the molecule is COC(CO)CN(CC(CO)OC)C(=O)O. The average Bonchev–Trinajstić information content (AvgIpc) is 2.29. The van der Waals surface area contributed by atoms with Crippen molar-refractivity contribution >= 4 is 6.09 Å². The van der Waals surface area contributed by atoms with Crippen LogP contribution in [0.25, 0.3) is 0 Å². The number of methoxy groups -OCH3 is 2. The lowest BCUT2D eigenvalue weighted by atomic mass is 10.3. The molecule has 0 radical (unpaired) electrons. The van der Waals surface area contributed by atoms with E-state index < -0.39 is 18.3 Å². The van der Waals surface area contributed by atoms with E-state index in [1.807, 2.05) is 0 Å². The number of hydrogen-bond acceptors (Lipinski definition) is 5. The fourth-order valence-electron chi connectivity index (χ4n) is 1.14. The van der Waals surface area contributed by atoms with Gasteiger partial charge in [0.15, 0.2) is 0 Å². The third-order valence-electron chi connectivity index (χ3n) is 2.19. The highest BCUT2D eigenvalue weighted by molar-refractivity contribution is 5.65. The Morgan fingerprint density at radius 3 is 1.69 bits per heavy atom. The minimum Gasteiger partial charge on any atom is -0.465 e. The van der Waals surface area contributed by atoms with Crippen molar-refractivity contribution in [2.24, 2.45) is 0 Å². The molecule has 2 unspecified atom stereocenters. The zero-order valence-corrected chi connectivity index (χ0v) is 9.50. The van der Waals surface area contributed by atoms with Gasteiger partial charge in [0.25, 0.3) is 0 Å². The second-order valence-electron chi connectivity index (χ2n) is 3.27. The van der Waals surface area contributed by atoms with Gasteiger partial charge < -0.3 is 29.7 Å². The highest BCUT2D eigenvalue weighted by Crippen LogP contribution is 2.01. The molecule has 2 atom stereocenters. The number of hydrogen-bond donors (Lipinski definition) is 3. The maximum Gasteiger partial charge on any atom is 0.407 e. The summed E-state index contributed by atoms with van der Waals surface area (Å²) in [5.41, 5.74) is 0. The third-order valence-corrected chi connectivity index (χ3v) is 2.19. The Kier molecular flexibility index (Phi) is 7.82. The van der Waals surface area contributed by atoms with Crippen LogP contribution < -0.4 is 0 Å². The van der Waals surface area contributed by atoms with Crippen LogP contribution in [0.4, 0.5) is 4.79 Å². The van der Waals surface area contributed by atoms with Crippen LogP contribution >= 0.6 is 0 Å². The van der Waals surface area contributed by atoms with Gasteiger partial charge >= 0.3 is 6.09 Å². The van der Waals surface area contributed by atoms with Gasteiger partial charge in [-0.3, -0.25) is 0 Å². The predicted molar refractivity (Wildman–Crippen MR) is 55.4 cm³/mol. The van der Waals surface area contributed by atoms with E-state index in [9.17, 15) is 4.79 Å². The van der Waals surface area contributed by atoms with Crippen LogP contribution in [0, 0.1) is 0 Å². The molecule has 0 saturated carbocycles. The van der Waals surface area contributed by atoms with Crippen LogP contribution in [0.1, 0.15) is 0 Å². The Bertz CT molecular complexity index is 178. The van der Waals surface area contributed by atoms with Gasteiger partial charge in [0.2, 0.25) is 0 Å². The lowest BCUT2D eigenvalue weighted by Crippen LogP contribution is -2.44. The van der Waals surface area contributed by atoms with E-state index in [1.54, 1.807) is 0 Å². The molecule has 7 nitrogen and oxygen atoms in total. The van der Waals surface area contributed by atoms with Crippen molar-refractivity contribution in [3.8, 4) is 0 Å². The molecule has 1 amide bonds. The molecule has 0 aromatic carbocycles. The van der Waals surface area contributed by atoms with Crippen LogP contribution in [0.3, 0.4) is 0 Å². The standard InChI is InChI=1S/C9H19NO6/c1-15-7(5-11)3-10(9(13)14)4-8(6-12)16-2/h7-8,11-12H,3-6H2,1-2H3,(H,13,14). The first-order valence-corrected chi connectivity index (χ1v) is 4.84. The van der Waals surface area contributed by atoms with Crippen LogP contribution in [-0.2, 0) is 9.47 Å². The van der Waals surface area contributed by atoms with Crippen LogP contribution in [-0.4, -0.2) is 79.0 Å². The van der Waals surface area contributed by atoms with Crippen molar-refractivity contribution in [2.45, 2.75) is 12.2 Å². The number of aliphatic hydroxyl groups is 2. The Balaban J connectivity index is 4.31. The highest BCUT2D eigenvalue weighted by Gasteiger charge is 2.21. The van der Waals surface area contributed by atoms with E-state index in [1.165, 1.54) is 14.2 Å². The Morgan fingerprint density at radius 2 is 1.50 bits per heavy atom. The molecule has 7 heteroatoms. The first-order valence-electron chi connectivity index (χ1n) is 4.84. The van der Waals surface area contributed by atoms with Crippen LogP contribution in [0.5, 0.6) is 0 Å². The monoisotopic (exact) mass is 237 g/mol. The molecule has 0 aromatic rings. The molecule has 0 bridgehead atoms. The summed E-state index contributed by atoms with van der Waals surface area (Å²) in [5, 5.41) is 26.7. The second-order valence-corrected chi connectivity index (χ2v) is 3.27. The van der Waals surface area contributed by atoms with E-state index >= 15 is 0 Å². The summed E-state index contributed by atoms with van der Waals surface area (Å²) in [5.74, 6) is 0.